The molecule has 0 unspecified atom stereocenters. The van der Waals surface area contributed by atoms with Gasteiger partial charge in [-0.25, -0.2) is 0 Å². The Kier molecular flexibility index (Phi) is 4.04. The van der Waals surface area contributed by atoms with E-state index >= 15 is 0 Å². The number of para-hydroxylation sites is 1. The fourth-order valence-corrected chi connectivity index (χ4v) is 2.53. The second-order valence-electron chi connectivity index (χ2n) is 5.04. The molecular formula is C15H18N4. The quantitative estimate of drug-likeness (QED) is 0.809. The zero-order valence-electron chi connectivity index (χ0n) is 11.4. The van der Waals surface area contributed by atoms with Crippen molar-refractivity contribution in [2.24, 2.45) is 0 Å². The summed E-state index contributed by atoms with van der Waals surface area (Å²) in [5, 5.41) is 18.4. The molecule has 0 radical (unpaired) electrons. The third-order valence-electron chi connectivity index (χ3n) is 3.64. The van der Waals surface area contributed by atoms with Crippen LogP contribution in [0.1, 0.15) is 25.0 Å². The van der Waals surface area contributed by atoms with Crippen LogP contribution in [0.4, 0.5) is 5.69 Å². The molecule has 1 aliphatic rings. The van der Waals surface area contributed by atoms with E-state index in [0.717, 1.165) is 31.9 Å². The average Bonchev–Trinajstić information content (AvgIpc) is 2.46. The van der Waals surface area contributed by atoms with Gasteiger partial charge in [-0.05, 0) is 26.0 Å². The third kappa shape index (κ3) is 2.70. The molecule has 98 valence electrons. The first-order valence-corrected chi connectivity index (χ1v) is 6.59. The lowest BCUT2D eigenvalue weighted by Crippen LogP contribution is -2.49. The van der Waals surface area contributed by atoms with Gasteiger partial charge in [0.25, 0.3) is 0 Å². The van der Waals surface area contributed by atoms with Crippen LogP contribution in [0.25, 0.3) is 0 Å². The van der Waals surface area contributed by atoms with Crippen LogP contribution in [0.5, 0.6) is 0 Å². The van der Waals surface area contributed by atoms with Gasteiger partial charge in [-0.2, -0.15) is 10.5 Å². The largest absolute Gasteiger partial charge is 0.367 e. The fourth-order valence-electron chi connectivity index (χ4n) is 2.53. The molecule has 2 rings (SSSR count). The molecule has 1 aromatic rings. The first-order chi connectivity index (χ1) is 9.17. The minimum atomic E-state index is 0.545. The van der Waals surface area contributed by atoms with Gasteiger partial charge in [0.05, 0.1) is 16.8 Å². The molecule has 0 saturated carbocycles. The van der Waals surface area contributed by atoms with Crippen molar-refractivity contribution in [2.75, 3.05) is 31.1 Å². The molecule has 0 bridgehead atoms. The molecule has 4 nitrogen and oxygen atoms in total. The molecule has 1 aliphatic heterocycles. The maximum absolute atomic E-state index is 9.21. The summed E-state index contributed by atoms with van der Waals surface area (Å²) in [6.07, 6.45) is 0. The molecule has 1 fully saturated rings. The smallest absolute Gasteiger partial charge is 0.101 e. The zero-order valence-corrected chi connectivity index (χ0v) is 11.4. The van der Waals surface area contributed by atoms with Gasteiger partial charge >= 0.3 is 0 Å². The van der Waals surface area contributed by atoms with Gasteiger partial charge in [0.1, 0.15) is 12.1 Å². The summed E-state index contributed by atoms with van der Waals surface area (Å²) in [5.41, 5.74) is 1.99. The summed E-state index contributed by atoms with van der Waals surface area (Å²) >= 11 is 0. The van der Waals surface area contributed by atoms with Gasteiger partial charge in [0.2, 0.25) is 0 Å². The van der Waals surface area contributed by atoms with Crippen LogP contribution in [-0.4, -0.2) is 37.1 Å². The Bertz CT molecular complexity index is 496. The van der Waals surface area contributed by atoms with E-state index < -0.39 is 0 Å². The summed E-state index contributed by atoms with van der Waals surface area (Å²) in [6.45, 7) is 8.07. The number of nitriles is 2. The number of nitrogens with zero attached hydrogens (tertiary/aromatic N) is 4. The van der Waals surface area contributed by atoms with E-state index in [4.69, 9.17) is 0 Å². The number of hydrogen-bond donors (Lipinski definition) is 0. The van der Waals surface area contributed by atoms with E-state index in [1.807, 2.05) is 0 Å². The van der Waals surface area contributed by atoms with Gasteiger partial charge in [-0.15, -0.1) is 0 Å². The molecule has 1 aromatic carbocycles. The van der Waals surface area contributed by atoms with Gasteiger partial charge in [0.15, 0.2) is 0 Å². The molecule has 0 atom stereocenters. The van der Waals surface area contributed by atoms with Crippen molar-refractivity contribution < 1.29 is 0 Å². The monoisotopic (exact) mass is 254 g/mol. The molecule has 0 aliphatic carbocycles. The van der Waals surface area contributed by atoms with Crippen LogP contribution in [-0.2, 0) is 0 Å². The Morgan fingerprint density at radius 3 is 1.95 bits per heavy atom. The number of piperazine rings is 1. The highest BCUT2D eigenvalue weighted by Crippen LogP contribution is 2.26. The molecule has 1 heterocycles. The van der Waals surface area contributed by atoms with Gasteiger partial charge in [-0.1, -0.05) is 6.07 Å². The molecule has 1 saturated heterocycles. The lowest BCUT2D eigenvalue weighted by molar-refractivity contribution is 0.209. The first kappa shape index (κ1) is 13.4. The first-order valence-electron chi connectivity index (χ1n) is 6.59. The second-order valence-corrected chi connectivity index (χ2v) is 5.04. The summed E-state index contributed by atoms with van der Waals surface area (Å²) in [6, 6.07) is 10.3. The van der Waals surface area contributed by atoms with Crippen LogP contribution in [0.2, 0.25) is 0 Å². The van der Waals surface area contributed by atoms with E-state index in [2.05, 4.69) is 35.8 Å². The standard InChI is InChI=1S/C15H18N4/c1-12(2)18-6-8-19(9-7-18)15-13(10-16)4-3-5-14(15)11-17/h3-5,12H,6-9H2,1-2H3. The predicted octanol–water partition coefficient (Wildman–Crippen LogP) is 1.96. The van der Waals surface area contributed by atoms with Crippen molar-refractivity contribution >= 4 is 5.69 Å². The molecule has 0 aromatic heterocycles. The van der Waals surface area contributed by atoms with E-state index in [0.29, 0.717) is 17.2 Å². The van der Waals surface area contributed by atoms with E-state index in [-0.39, 0.29) is 0 Å². The molecule has 0 amide bonds. The van der Waals surface area contributed by atoms with Crippen molar-refractivity contribution in [1.82, 2.24) is 4.90 Å². The Hall–Kier alpha value is -2.04. The van der Waals surface area contributed by atoms with Crippen molar-refractivity contribution in [3.05, 3.63) is 29.3 Å². The second kappa shape index (κ2) is 5.73. The summed E-state index contributed by atoms with van der Waals surface area (Å²) < 4.78 is 0. The highest BCUT2D eigenvalue weighted by atomic mass is 15.3. The molecular weight excluding hydrogens is 236 g/mol. The lowest BCUT2D eigenvalue weighted by Gasteiger charge is -2.38. The van der Waals surface area contributed by atoms with Crippen molar-refractivity contribution in [2.45, 2.75) is 19.9 Å². The molecule has 19 heavy (non-hydrogen) atoms. The van der Waals surface area contributed by atoms with Crippen molar-refractivity contribution in [1.29, 1.82) is 10.5 Å². The van der Waals surface area contributed by atoms with E-state index in [1.165, 1.54) is 0 Å². The number of benzene rings is 1. The van der Waals surface area contributed by atoms with Crippen molar-refractivity contribution in [3.63, 3.8) is 0 Å². The highest BCUT2D eigenvalue weighted by molar-refractivity contribution is 5.68. The zero-order chi connectivity index (χ0) is 13.8. The Labute approximate surface area is 114 Å². The van der Waals surface area contributed by atoms with E-state index in [1.54, 1.807) is 18.2 Å². The maximum Gasteiger partial charge on any atom is 0.101 e. The Balaban J connectivity index is 2.25. The number of rotatable bonds is 2. The average molecular weight is 254 g/mol. The van der Waals surface area contributed by atoms with Crippen LogP contribution < -0.4 is 4.90 Å². The van der Waals surface area contributed by atoms with Crippen LogP contribution >= 0.6 is 0 Å². The third-order valence-corrected chi connectivity index (χ3v) is 3.64. The number of hydrogen-bond acceptors (Lipinski definition) is 4. The van der Waals surface area contributed by atoms with Gasteiger partial charge < -0.3 is 4.90 Å². The molecule has 0 spiro atoms. The maximum atomic E-state index is 9.21. The van der Waals surface area contributed by atoms with Crippen LogP contribution in [0.15, 0.2) is 18.2 Å². The van der Waals surface area contributed by atoms with Gasteiger partial charge in [0, 0.05) is 32.2 Å². The summed E-state index contributed by atoms with van der Waals surface area (Å²) in [5.74, 6) is 0. The van der Waals surface area contributed by atoms with Crippen molar-refractivity contribution in [3.8, 4) is 12.1 Å². The molecule has 0 N–H and O–H groups in total. The lowest BCUT2D eigenvalue weighted by atomic mass is 10.1. The normalized spacial score (nSPS) is 16.2. The minimum Gasteiger partial charge on any atom is -0.367 e. The fraction of sp³-hybridized carbons (Fsp3) is 0.467. The summed E-state index contributed by atoms with van der Waals surface area (Å²) in [7, 11) is 0. The van der Waals surface area contributed by atoms with Crippen LogP contribution in [0, 0.1) is 22.7 Å². The topological polar surface area (TPSA) is 54.1 Å². The SMILES string of the molecule is CC(C)N1CCN(c2c(C#N)cccc2C#N)CC1. The van der Waals surface area contributed by atoms with E-state index in [9.17, 15) is 10.5 Å². The minimum absolute atomic E-state index is 0.545. The Morgan fingerprint density at radius 1 is 1.00 bits per heavy atom. The van der Waals surface area contributed by atoms with Gasteiger partial charge in [-0.3, -0.25) is 4.90 Å². The summed E-state index contributed by atoms with van der Waals surface area (Å²) in [4.78, 5) is 4.58. The Morgan fingerprint density at radius 2 is 1.53 bits per heavy atom. The molecule has 4 heteroatoms. The number of anilines is 1. The van der Waals surface area contributed by atoms with Crippen LogP contribution in [0.3, 0.4) is 0 Å². The highest BCUT2D eigenvalue weighted by Gasteiger charge is 2.22. The predicted molar refractivity (Wildman–Crippen MR) is 74.8 cm³/mol.